The average molecular weight is 365 g/mol. The van der Waals surface area contributed by atoms with E-state index in [1.165, 1.54) is 13.0 Å². The Morgan fingerprint density at radius 3 is 2.91 bits per heavy atom. The van der Waals surface area contributed by atoms with Crippen molar-refractivity contribution >= 4 is 35.7 Å². The van der Waals surface area contributed by atoms with Gasteiger partial charge in [-0.1, -0.05) is 23.7 Å². The van der Waals surface area contributed by atoms with E-state index in [9.17, 15) is 14.0 Å². The Hall–Kier alpha value is -1.21. The Labute approximate surface area is 145 Å². The standard InChI is InChI=1S/C15H18ClFN2O3.ClH/c1-9(20)15(21)19-8-10-7-18-5-6-22-14(10)11-3-2-4-12(17)13(11)16;/h2-4,10,14,18H,5-8H2,1H3,(H,19,21);1H/t10-,14+;/m0./s1. The molecule has 2 N–H and O–H groups in total. The van der Waals surface area contributed by atoms with E-state index in [4.69, 9.17) is 16.3 Å². The number of rotatable bonds is 4. The van der Waals surface area contributed by atoms with Gasteiger partial charge in [0.2, 0.25) is 5.78 Å². The first-order valence-electron chi connectivity index (χ1n) is 7.05. The zero-order valence-corrected chi connectivity index (χ0v) is 14.2. The molecule has 128 valence electrons. The molecule has 0 saturated carbocycles. The van der Waals surface area contributed by atoms with Crippen LogP contribution < -0.4 is 10.6 Å². The van der Waals surface area contributed by atoms with Gasteiger partial charge in [-0.2, -0.15) is 0 Å². The van der Waals surface area contributed by atoms with E-state index in [0.717, 1.165) is 0 Å². The maximum absolute atomic E-state index is 13.7. The minimum Gasteiger partial charge on any atom is -0.372 e. The number of carbonyl (C=O) groups excluding carboxylic acids is 2. The monoisotopic (exact) mass is 364 g/mol. The van der Waals surface area contributed by atoms with E-state index in [2.05, 4.69) is 10.6 Å². The highest BCUT2D eigenvalue weighted by atomic mass is 35.5. The SMILES string of the molecule is CC(=O)C(=O)NC[C@@H]1CNCCO[C@H]1c1cccc(F)c1Cl.Cl. The minimum absolute atomic E-state index is 0. The molecule has 1 aliphatic heterocycles. The zero-order valence-electron chi connectivity index (χ0n) is 12.6. The van der Waals surface area contributed by atoms with Gasteiger partial charge in [-0.15, -0.1) is 12.4 Å². The molecule has 23 heavy (non-hydrogen) atoms. The summed E-state index contributed by atoms with van der Waals surface area (Å²) in [6.45, 7) is 3.12. The van der Waals surface area contributed by atoms with Crippen molar-refractivity contribution in [2.45, 2.75) is 13.0 Å². The number of amides is 1. The topological polar surface area (TPSA) is 67.4 Å². The highest BCUT2D eigenvalue weighted by Gasteiger charge is 2.29. The first-order chi connectivity index (χ1) is 10.5. The lowest BCUT2D eigenvalue weighted by atomic mass is 9.95. The van der Waals surface area contributed by atoms with Crippen LogP contribution in [0.25, 0.3) is 0 Å². The van der Waals surface area contributed by atoms with Gasteiger partial charge in [0, 0.05) is 38.0 Å². The third-order valence-corrected chi connectivity index (χ3v) is 3.94. The Balaban J connectivity index is 0.00000264. The predicted molar refractivity (Wildman–Crippen MR) is 87.4 cm³/mol. The van der Waals surface area contributed by atoms with Crippen LogP contribution >= 0.6 is 24.0 Å². The Morgan fingerprint density at radius 1 is 1.48 bits per heavy atom. The molecule has 1 aromatic rings. The summed E-state index contributed by atoms with van der Waals surface area (Å²) in [5, 5.41) is 5.78. The first-order valence-corrected chi connectivity index (χ1v) is 7.43. The van der Waals surface area contributed by atoms with Crippen LogP contribution in [0.2, 0.25) is 5.02 Å². The first kappa shape index (κ1) is 19.8. The summed E-state index contributed by atoms with van der Waals surface area (Å²) in [7, 11) is 0. The quantitative estimate of drug-likeness (QED) is 0.800. The van der Waals surface area contributed by atoms with Crippen LogP contribution in [-0.4, -0.2) is 37.9 Å². The summed E-state index contributed by atoms with van der Waals surface area (Å²) in [5.74, 6) is -1.87. The number of ketones is 1. The highest BCUT2D eigenvalue weighted by Crippen LogP contribution is 2.33. The number of Topliss-reactive ketones (excluding diaryl/α,β-unsaturated/α-hetero) is 1. The molecule has 0 radical (unpaired) electrons. The normalized spacial score (nSPS) is 21.0. The van der Waals surface area contributed by atoms with Crippen LogP contribution in [-0.2, 0) is 14.3 Å². The van der Waals surface area contributed by atoms with Gasteiger partial charge >= 0.3 is 0 Å². The van der Waals surface area contributed by atoms with Gasteiger partial charge in [-0.25, -0.2) is 4.39 Å². The maximum Gasteiger partial charge on any atom is 0.287 e. The summed E-state index contributed by atoms with van der Waals surface area (Å²) >= 11 is 6.04. The average Bonchev–Trinajstić information content (AvgIpc) is 2.73. The molecule has 1 heterocycles. The third-order valence-electron chi connectivity index (χ3n) is 3.54. The Morgan fingerprint density at radius 2 is 2.22 bits per heavy atom. The smallest absolute Gasteiger partial charge is 0.287 e. The lowest BCUT2D eigenvalue weighted by Gasteiger charge is -2.26. The molecule has 8 heteroatoms. The van der Waals surface area contributed by atoms with Gasteiger partial charge in [0.25, 0.3) is 5.91 Å². The zero-order chi connectivity index (χ0) is 16.1. The van der Waals surface area contributed by atoms with Crippen molar-refractivity contribution in [3.05, 3.63) is 34.6 Å². The molecular weight excluding hydrogens is 346 g/mol. The number of ether oxygens (including phenoxy) is 1. The lowest BCUT2D eigenvalue weighted by Crippen LogP contribution is -2.38. The molecule has 0 aromatic heterocycles. The molecule has 1 aliphatic rings. The van der Waals surface area contributed by atoms with E-state index in [0.29, 0.717) is 25.3 Å². The van der Waals surface area contributed by atoms with Crippen LogP contribution in [0.3, 0.4) is 0 Å². The van der Waals surface area contributed by atoms with Crippen molar-refractivity contribution in [2.24, 2.45) is 5.92 Å². The van der Waals surface area contributed by atoms with Crippen LogP contribution in [0.4, 0.5) is 4.39 Å². The van der Waals surface area contributed by atoms with Crippen molar-refractivity contribution in [1.82, 2.24) is 10.6 Å². The summed E-state index contributed by atoms with van der Waals surface area (Å²) < 4.78 is 19.4. The Kier molecular flexibility index (Phi) is 7.91. The van der Waals surface area contributed by atoms with Crippen molar-refractivity contribution in [2.75, 3.05) is 26.2 Å². The molecule has 5 nitrogen and oxygen atoms in total. The molecule has 1 saturated heterocycles. The van der Waals surface area contributed by atoms with Gasteiger partial charge in [-0.3, -0.25) is 9.59 Å². The second kappa shape index (κ2) is 9.17. The van der Waals surface area contributed by atoms with Crippen molar-refractivity contribution < 1.29 is 18.7 Å². The summed E-state index contributed by atoms with van der Waals surface area (Å²) in [6.07, 6.45) is -0.453. The van der Waals surface area contributed by atoms with E-state index in [1.807, 2.05) is 0 Å². The number of hydrogen-bond donors (Lipinski definition) is 2. The number of nitrogens with one attached hydrogen (secondary N) is 2. The van der Waals surface area contributed by atoms with Crippen LogP contribution in [0, 0.1) is 11.7 Å². The van der Waals surface area contributed by atoms with Gasteiger partial charge in [0.1, 0.15) is 5.82 Å². The lowest BCUT2D eigenvalue weighted by molar-refractivity contribution is -0.136. The highest BCUT2D eigenvalue weighted by molar-refractivity contribution is 6.35. The second-order valence-electron chi connectivity index (χ2n) is 5.16. The third kappa shape index (κ3) is 5.14. The number of benzene rings is 1. The summed E-state index contributed by atoms with van der Waals surface area (Å²) in [4.78, 5) is 22.4. The van der Waals surface area contributed by atoms with Gasteiger partial charge in [0.15, 0.2) is 0 Å². The molecule has 2 rings (SSSR count). The molecule has 0 spiro atoms. The summed E-state index contributed by atoms with van der Waals surface area (Å²) in [5.41, 5.74) is 0.549. The fraction of sp³-hybridized carbons (Fsp3) is 0.467. The van der Waals surface area contributed by atoms with E-state index in [-0.39, 0.29) is 29.9 Å². The van der Waals surface area contributed by atoms with Crippen molar-refractivity contribution in [3.8, 4) is 0 Å². The minimum atomic E-state index is -0.645. The number of carbonyl (C=O) groups is 2. The molecule has 1 amide bonds. The van der Waals surface area contributed by atoms with E-state index < -0.39 is 23.6 Å². The predicted octanol–water partition coefficient (Wildman–Crippen LogP) is 1.88. The van der Waals surface area contributed by atoms with Crippen LogP contribution in [0.1, 0.15) is 18.6 Å². The van der Waals surface area contributed by atoms with Crippen LogP contribution in [0.15, 0.2) is 18.2 Å². The van der Waals surface area contributed by atoms with Crippen molar-refractivity contribution in [3.63, 3.8) is 0 Å². The number of hydrogen-bond acceptors (Lipinski definition) is 4. The molecule has 1 aromatic carbocycles. The van der Waals surface area contributed by atoms with Gasteiger partial charge < -0.3 is 15.4 Å². The molecular formula is C15H19Cl2FN2O3. The molecule has 2 atom stereocenters. The van der Waals surface area contributed by atoms with Gasteiger partial charge in [-0.05, 0) is 6.07 Å². The summed E-state index contributed by atoms with van der Waals surface area (Å²) in [6, 6.07) is 4.57. The second-order valence-corrected chi connectivity index (χ2v) is 5.54. The molecule has 1 fully saturated rings. The largest absolute Gasteiger partial charge is 0.372 e. The van der Waals surface area contributed by atoms with E-state index in [1.54, 1.807) is 12.1 Å². The maximum atomic E-state index is 13.7. The van der Waals surface area contributed by atoms with Crippen molar-refractivity contribution in [1.29, 1.82) is 0 Å². The molecule has 0 unspecified atom stereocenters. The Bertz CT molecular complexity index is 572. The van der Waals surface area contributed by atoms with E-state index >= 15 is 0 Å². The van der Waals surface area contributed by atoms with Crippen LogP contribution in [0.5, 0.6) is 0 Å². The molecule has 0 aliphatic carbocycles. The van der Waals surface area contributed by atoms with Gasteiger partial charge in [0.05, 0.1) is 17.7 Å². The fourth-order valence-electron chi connectivity index (χ4n) is 2.40. The molecule has 0 bridgehead atoms. The number of halogens is 3. The fourth-order valence-corrected chi connectivity index (χ4v) is 2.63.